The fourth-order valence-corrected chi connectivity index (χ4v) is 4.92. The van der Waals surface area contributed by atoms with E-state index in [1.54, 1.807) is 4.88 Å². The third kappa shape index (κ3) is 3.22. The molecule has 2 atom stereocenters. The second kappa shape index (κ2) is 5.57. The van der Waals surface area contributed by atoms with E-state index in [0.717, 1.165) is 12.0 Å². The van der Waals surface area contributed by atoms with Gasteiger partial charge in [0.05, 0.1) is 0 Å². The van der Waals surface area contributed by atoms with Crippen LogP contribution >= 0.6 is 11.3 Å². The van der Waals surface area contributed by atoms with Crippen LogP contribution in [0.5, 0.6) is 0 Å². The van der Waals surface area contributed by atoms with Crippen LogP contribution in [0.1, 0.15) is 69.7 Å². The van der Waals surface area contributed by atoms with Crippen molar-refractivity contribution < 1.29 is 0 Å². The van der Waals surface area contributed by atoms with Gasteiger partial charge in [-0.3, -0.25) is 0 Å². The SMILES string of the molecule is CC1(C)CCC(NC(c2cccs2)C2CCCC2)C1. The van der Waals surface area contributed by atoms with Gasteiger partial charge in [-0.05, 0) is 54.9 Å². The van der Waals surface area contributed by atoms with E-state index >= 15 is 0 Å². The Morgan fingerprint density at radius 1 is 1.26 bits per heavy atom. The van der Waals surface area contributed by atoms with Gasteiger partial charge in [0.1, 0.15) is 0 Å². The van der Waals surface area contributed by atoms with Crippen LogP contribution in [0.2, 0.25) is 0 Å². The first-order chi connectivity index (χ1) is 9.14. The highest BCUT2D eigenvalue weighted by Crippen LogP contribution is 2.41. The summed E-state index contributed by atoms with van der Waals surface area (Å²) in [4.78, 5) is 1.57. The van der Waals surface area contributed by atoms with Gasteiger partial charge in [0.25, 0.3) is 0 Å². The van der Waals surface area contributed by atoms with E-state index in [4.69, 9.17) is 0 Å². The summed E-state index contributed by atoms with van der Waals surface area (Å²) in [5.41, 5.74) is 0.549. The smallest absolute Gasteiger partial charge is 0.0445 e. The maximum Gasteiger partial charge on any atom is 0.0445 e. The number of hydrogen-bond acceptors (Lipinski definition) is 2. The molecule has 1 nitrogen and oxygen atoms in total. The van der Waals surface area contributed by atoms with E-state index in [0.29, 0.717) is 11.5 Å². The third-order valence-electron chi connectivity index (χ3n) is 5.10. The van der Waals surface area contributed by atoms with Crippen LogP contribution in [-0.2, 0) is 0 Å². The van der Waals surface area contributed by atoms with Gasteiger partial charge in [-0.1, -0.05) is 32.8 Å². The van der Waals surface area contributed by atoms with Gasteiger partial charge in [-0.25, -0.2) is 0 Å². The summed E-state index contributed by atoms with van der Waals surface area (Å²) in [6, 6.07) is 5.91. The molecule has 0 aliphatic heterocycles. The molecule has 1 aromatic heterocycles. The molecule has 2 aliphatic rings. The molecule has 19 heavy (non-hydrogen) atoms. The summed E-state index contributed by atoms with van der Waals surface area (Å²) in [6.07, 6.45) is 9.81. The standard InChI is InChI=1S/C17H27NS/c1-17(2)10-9-14(12-17)18-16(13-6-3-4-7-13)15-8-5-11-19-15/h5,8,11,13-14,16,18H,3-4,6-7,9-10,12H2,1-2H3. The minimum Gasteiger partial charge on any atom is -0.306 e. The zero-order valence-electron chi connectivity index (χ0n) is 12.3. The molecular weight excluding hydrogens is 250 g/mol. The third-order valence-corrected chi connectivity index (χ3v) is 6.06. The van der Waals surface area contributed by atoms with Gasteiger partial charge in [0, 0.05) is 17.0 Å². The molecule has 106 valence electrons. The number of nitrogens with one attached hydrogen (secondary N) is 1. The Morgan fingerprint density at radius 3 is 2.63 bits per heavy atom. The Labute approximate surface area is 121 Å². The van der Waals surface area contributed by atoms with Crippen LogP contribution in [0.25, 0.3) is 0 Å². The lowest BCUT2D eigenvalue weighted by Crippen LogP contribution is -2.34. The Bertz CT molecular complexity index is 389. The van der Waals surface area contributed by atoms with Crippen molar-refractivity contribution in [1.29, 1.82) is 0 Å². The minimum absolute atomic E-state index is 0.549. The summed E-state index contributed by atoms with van der Waals surface area (Å²) < 4.78 is 0. The molecule has 2 heteroatoms. The molecule has 2 saturated carbocycles. The number of hydrogen-bond donors (Lipinski definition) is 1. The van der Waals surface area contributed by atoms with Crippen molar-refractivity contribution in [2.45, 2.75) is 70.9 Å². The fraction of sp³-hybridized carbons (Fsp3) is 0.765. The maximum atomic E-state index is 4.03. The molecule has 0 aromatic carbocycles. The average Bonchev–Trinajstić information content (AvgIpc) is 3.07. The minimum atomic E-state index is 0.549. The fourth-order valence-electron chi connectivity index (χ4n) is 4.04. The highest BCUT2D eigenvalue weighted by Gasteiger charge is 2.35. The molecule has 2 aliphatic carbocycles. The predicted molar refractivity (Wildman–Crippen MR) is 83.6 cm³/mol. The van der Waals surface area contributed by atoms with E-state index < -0.39 is 0 Å². The van der Waals surface area contributed by atoms with Crippen LogP contribution in [0.4, 0.5) is 0 Å². The van der Waals surface area contributed by atoms with E-state index in [2.05, 4.69) is 36.7 Å². The lowest BCUT2D eigenvalue weighted by Gasteiger charge is -2.28. The summed E-state index contributed by atoms with van der Waals surface area (Å²) in [6.45, 7) is 4.84. The first-order valence-corrected chi connectivity index (χ1v) is 8.81. The Hall–Kier alpha value is -0.340. The van der Waals surface area contributed by atoms with Gasteiger partial charge >= 0.3 is 0 Å². The molecule has 3 rings (SSSR count). The molecule has 1 heterocycles. The average molecular weight is 277 g/mol. The Morgan fingerprint density at radius 2 is 2.05 bits per heavy atom. The lowest BCUT2D eigenvalue weighted by molar-refractivity contribution is 0.310. The van der Waals surface area contributed by atoms with Crippen LogP contribution in [0.15, 0.2) is 17.5 Å². The van der Waals surface area contributed by atoms with Gasteiger partial charge in [-0.2, -0.15) is 0 Å². The molecule has 0 saturated heterocycles. The molecule has 0 bridgehead atoms. The quantitative estimate of drug-likeness (QED) is 0.802. The number of thiophene rings is 1. The molecule has 2 unspecified atom stereocenters. The van der Waals surface area contributed by atoms with E-state index in [1.807, 2.05) is 11.3 Å². The molecule has 2 fully saturated rings. The molecule has 0 radical (unpaired) electrons. The van der Waals surface area contributed by atoms with Crippen molar-refractivity contribution in [3.05, 3.63) is 22.4 Å². The summed E-state index contributed by atoms with van der Waals surface area (Å²) in [5, 5.41) is 6.26. The molecule has 1 aromatic rings. The second-order valence-electron chi connectivity index (χ2n) is 7.31. The highest BCUT2D eigenvalue weighted by molar-refractivity contribution is 7.10. The molecular formula is C17H27NS. The summed E-state index contributed by atoms with van der Waals surface area (Å²) in [7, 11) is 0. The van der Waals surface area contributed by atoms with Crippen molar-refractivity contribution in [1.82, 2.24) is 5.32 Å². The zero-order valence-corrected chi connectivity index (χ0v) is 13.1. The van der Waals surface area contributed by atoms with E-state index in [-0.39, 0.29) is 0 Å². The maximum absolute atomic E-state index is 4.03. The first kappa shape index (κ1) is 13.6. The summed E-state index contributed by atoms with van der Waals surface area (Å²) in [5.74, 6) is 0.877. The van der Waals surface area contributed by atoms with Crippen molar-refractivity contribution >= 4 is 11.3 Å². The lowest BCUT2D eigenvalue weighted by atomic mass is 9.91. The largest absolute Gasteiger partial charge is 0.306 e. The topological polar surface area (TPSA) is 12.0 Å². The molecule has 0 spiro atoms. The predicted octanol–water partition coefficient (Wildman–Crippen LogP) is 5.15. The normalized spacial score (nSPS) is 28.8. The van der Waals surface area contributed by atoms with E-state index in [1.165, 1.54) is 44.9 Å². The van der Waals surface area contributed by atoms with Crippen LogP contribution in [0, 0.1) is 11.3 Å². The van der Waals surface area contributed by atoms with Gasteiger partial charge in [-0.15, -0.1) is 11.3 Å². The van der Waals surface area contributed by atoms with Gasteiger partial charge in [0.2, 0.25) is 0 Å². The zero-order chi connectivity index (χ0) is 13.3. The van der Waals surface area contributed by atoms with Crippen LogP contribution < -0.4 is 5.32 Å². The highest BCUT2D eigenvalue weighted by atomic mass is 32.1. The number of rotatable bonds is 4. The van der Waals surface area contributed by atoms with Gasteiger partial charge in [0.15, 0.2) is 0 Å². The Kier molecular flexibility index (Phi) is 4.00. The van der Waals surface area contributed by atoms with Crippen molar-refractivity contribution in [2.75, 3.05) is 0 Å². The van der Waals surface area contributed by atoms with Crippen molar-refractivity contribution in [2.24, 2.45) is 11.3 Å². The van der Waals surface area contributed by atoms with Crippen molar-refractivity contribution in [3.8, 4) is 0 Å². The molecule has 0 amide bonds. The first-order valence-electron chi connectivity index (χ1n) is 7.93. The summed E-state index contributed by atoms with van der Waals surface area (Å²) >= 11 is 1.94. The monoisotopic (exact) mass is 277 g/mol. The van der Waals surface area contributed by atoms with Crippen molar-refractivity contribution in [3.63, 3.8) is 0 Å². The second-order valence-corrected chi connectivity index (χ2v) is 8.29. The van der Waals surface area contributed by atoms with E-state index in [9.17, 15) is 0 Å². The van der Waals surface area contributed by atoms with Crippen LogP contribution in [0.3, 0.4) is 0 Å². The van der Waals surface area contributed by atoms with Crippen LogP contribution in [-0.4, -0.2) is 6.04 Å². The van der Waals surface area contributed by atoms with Gasteiger partial charge < -0.3 is 5.32 Å². The Balaban J connectivity index is 1.69. The molecule has 1 N–H and O–H groups in total.